The van der Waals surface area contributed by atoms with Gasteiger partial charge in [-0.2, -0.15) is 5.10 Å². The molecule has 0 aromatic carbocycles. The molecule has 1 unspecified atom stereocenters. The van der Waals surface area contributed by atoms with E-state index in [1.54, 1.807) is 0 Å². The lowest BCUT2D eigenvalue weighted by molar-refractivity contribution is -0.0432. The molecule has 2 aliphatic rings. The number of hydrogen-bond donors (Lipinski definition) is 0. The van der Waals surface area contributed by atoms with Gasteiger partial charge in [0.15, 0.2) is 0 Å². The molecule has 1 aliphatic heterocycles. The predicted octanol–water partition coefficient (Wildman–Crippen LogP) is 2.18. The van der Waals surface area contributed by atoms with Crippen LogP contribution in [0.1, 0.15) is 43.8 Å². The third-order valence-electron chi connectivity index (χ3n) is 4.80. The van der Waals surface area contributed by atoms with E-state index in [0.29, 0.717) is 0 Å². The molecule has 1 aliphatic carbocycles. The first-order valence-corrected chi connectivity index (χ1v) is 8.42. The Morgan fingerprint density at radius 2 is 1.95 bits per heavy atom. The van der Waals surface area contributed by atoms with Crippen LogP contribution >= 0.6 is 0 Å². The molecule has 2 heterocycles. The molecule has 1 atom stereocenters. The van der Waals surface area contributed by atoms with Crippen LogP contribution in [-0.2, 0) is 11.3 Å². The van der Waals surface area contributed by atoms with E-state index in [1.807, 2.05) is 18.5 Å². The summed E-state index contributed by atoms with van der Waals surface area (Å²) in [5.74, 6) is 2.75. The minimum absolute atomic E-state index is 0.252. The zero-order chi connectivity index (χ0) is 14.7. The first-order chi connectivity index (χ1) is 10.2. The molecule has 2 fully saturated rings. The average Bonchev–Trinajstić information content (AvgIpc) is 2.78. The van der Waals surface area contributed by atoms with Crippen LogP contribution in [0, 0.1) is 19.8 Å². The number of hydrogen-bond acceptors (Lipinski definition) is 4. The lowest BCUT2D eigenvalue weighted by Gasteiger charge is -2.36. The third-order valence-corrected chi connectivity index (χ3v) is 4.80. The van der Waals surface area contributed by atoms with Gasteiger partial charge in [-0.1, -0.05) is 19.3 Å². The van der Waals surface area contributed by atoms with Gasteiger partial charge in [-0.25, -0.2) is 9.67 Å². The van der Waals surface area contributed by atoms with Crippen LogP contribution in [-0.4, -0.2) is 52.0 Å². The van der Waals surface area contributed by atoms with Crippen LogP contribution in [0.25, 0.3) is 0 Å². The normalized spacial score (nSPS) is 25.3. The summed E-state index contributed by atoms with van der Waals surface area (Å²) in [6, 6.07) is 0. The monoisotopic (exact) mass is 292 g/mol. The van der Waals surface area contributed by atoms with Crippen LogP contribution < -0.4 is 0 Å². The molecule has 0 radical (unpaired) electrons. The van der Waals surface area contributed by atoms with Crippen molar-refractivity contribution in [1.29, 1.82) is 0 Å². The van der Waals surface area contributed by atoms with E-state index in [0.717, 1.165) is 43.8 Å². The quantitative estimate of drug-likeness (QED) is 0.853. The van der Waals surface area contributed by atoms with Crippen LogP contribution in [0.2, 0.25) is 0 Å². The minimum Gasteiger partial charge on any atom is -0.374 e. The minimum atomic E-state index is 0.252. The topological polar surface area (TPSA) is 43.2 Å². The summed E-state index contributed by atoms with van der Waals surface area (Å²) in [5, 5.41) is 4.45. The fourth-order valence-corrected chi connectivity index (χ4v) is 3.72. The second-order valence-corrected chi connectivity index (χ2v) is 6.64. The summed E-state index contributed by atoms with van der Waals surface area (Å²) in [6.45, 7) is 9.02. The van der Waals surface area contributed by atoms with Gasteiger partial charge in [-0.15, -0.1) is 0 Å². The van der Waals surface area contributed by atoms with Gasteiger partial charge >= 0.3 is 0 Å². The van der Waals surface area contributed by atoms with E-state index in [-0.39, 0.29) is 6.10 Å². The largest absolute Gasteiger partial charge is 0.374 e. The highest BCUT2D eigenvalue weighted by molar-refractivity contribution is 4.88. The van der Waals surface area contributed by atoms with Gasteiger partial charge in [0.05, 0.1) is 19.3 Å². The zero-order valence-electron chi connectivity index (χ0n) is 13.4. The average molecular weight is 292 g/mol. The Hall–Kier alpha value is -0.940. The van der Waals surface area contributed by atoms with Crippen molar-refractivity contribution in [3.8, 4) is 0 Å². The summed E-state index contributed by atoms with van der Waals surface area (Å²) >= 11 is 0. The molecule has 3 rings (SSSR count). The summed E-state index contributed by atoms with van der Waals surface area (Å²) in [5.41, 5.74) is 0. The van der Waals surface area contributed by atoms with Gasteiger partial charge in [-0.05, 0) is 32.6 Å². The molecular formula is C16H28N4O. The van der Waals surface area contributed by atoms with E-state index in [4.69, 9.17) is 4.74 Å². The van der Waals surface area contributed by atoms with E-state index >= 15 is 0 Å². The highest BCUT2D eigenvalue weighted by Crippen LogP contribution is 2.25. The van der Waals surface area contributed by atoms with Crippen molar-refractivity contribution in [2.24, 2.45) is 5.92 Å². The molecule has 1 saturated carbocycles. The molecule has 1 aromatic heterocycles. The van der Waals surface area contributed by atoms with Crippen molar-refractivity contribution in [3.63, 3.8) is 0 Å². The third kappa shape index (κ3) is 4.04. The second-order valence-electron chi connectivity index (χ2n) is 6.64. The molecule has 1 aromatic rings. The number of aromatic nitrogens is 3. The molecule has 0 spiro atoms. The molecule has 1 saturated heterocycles. The summed E-state index contributed by atoms with van der Waals surface area (Å²) in [7, 11) is 0. The molecule has 0 bridgehead atoms. The highest BCUT2D eigenvalue weighted by Gasteiger charge is 2.24. The number of nitrogens with zero attached hydrogens (tertiary/aromatic N) is 4. The molecule has 0 amide bonds. The first kappa shape index (κ1) is 15.0. The maximum absolute atomic E-state index is 5.94. The molecule has 0 N–H and O–H groups in total. The SMILES string of the molecule is Cc1nc(C)n(CC2CN(CC3CCCCC3)CCO2)n1. The van der Waals surface area contributed by atoms with Gasteiger partial charge in [0, 0.05) is 19.6 Å². The molecule has 5 heteroatoms. The van der Waals surface area contributed by atoms with Crippen molar-refractivity contribution in [3.05, 3.63) is 11.6 Å². The lowest BCUT2D eigenvalue weighted by atomic mass is 9.89. The second kappa shape index (κ2) is 6.88. The molecule has 118 valence electrons. The maximum Gasteiger partial charge on any atom is 0.147 e. The van der Waals surface area contributed by atoms with Crippen LogP contribution in [0.5, 0.6) is 0 Å². The molecule has 5 nitrogen and oxygen atoms in total. The first-order valence-electron chi connectivity index (χ1n) is 8.42. The van der Waals surface area contributed by atoms with Crippen molar-refractivity contribution >= 4 is 0 Å². The maximum atomic E-state index is 5.94. The van der Waals surface area contributed by atoms with E-state index in [1.165, 1.54) is 38.6 Å². The summed E-state index contributed by atoms with van der Waals surface area (Å²) in [4.78, 5) is 6.97. The summed E-state index contributed by atoms with van der Waals surface area (Å²) in [6.07, 6.45) is 7.38. The van der Waals surface area contributed by atoms with Crippen molar-refractivity contribution in [2.75, 3.05) is 26.2 Å². The van der Waals surface area contributed by atoms with Crippen LogP contribution in [0.3, 0.4) is 0 Å². The van der Waals surface area contributed by atoms with Crippen molar-refractivity contribution < 1.29 is 4.74 Å². The summed E-state index contributed by atoms with van der Waals surface area (Å²) < 4.78 is 7.93. The molecule has 21 heavy (non-hydrogen) atoms. The number of ether oxygens (including phenoxy) is 1. The van der Waals surface area contributed by atoms with Gasteiger partial charge in [0.1, 0.15) is 11.6 Å². The standard InChI is InChI=1S/C16H28N4O/c1-13-17-14(2)20(18-13)12-16-11-19(8-9-21-16)10-15-6-4-3-5-7-15/h15-16H,3-12H2,1-2H3. The Morgan fingerprint density at radius 3 is 2.67 bits per heavy atom. The van der Waals surface area contributed by atoms with Crippen molar-refractivity contribution in [1.82, 2.24) is 19.7 Å². The highest BCUT2D eigenvalue weighted by atomic mass is 16.5. The molecular weight excluding hydrogens is 264 g/mol. The van der Waals surface area contributed by atoms with E-state index < -0.39 is 0 Å². The van der Waals surface area contributed by atoms with E-state index in [2.05, 4.69) is 15.0 Å². The Morgan fingerprint density at radius 1 is 1.14 bits per heavy atom. The fourth-order valence-electron chi connectivity index (χ4n) is 3.72. The van der Waals surface area contributed by atoms with Gasteiger partial charge in [0.25, 0.3) is 0 Å². The number of aryl methyl sites for hydroxylation is 2. The fraction of sp³-hybridized carbons (Fsp3) is 0.875. The van der Waals surface area contributed by atoms with Gasteiger partial charge in [-0.3, -0.25) is 4.90 Å². The Kier molecular flexibility index (Phi) is 4.91. The predicted molar refractivity (Wildman–Crippen MR) is 82.3 cm³/mol. The number of morpholine rings is 1. The smallest absolute Gasteiger partial charge is 0.147 e. The Labute approximate surface area is 127 Å². The van der Waals surface area contributed by atoms with Gasteiger partial charge in [0.2, 0.25) is 0 Å². The number of rotatable bonds is 4. The zero-order valence-corrected chi connectivity index (χ0v) is 13.4. The van der Waals surface area contributed by atoms with Crippen LogP contribution in [0.4, 0.5) is 0 Å². The lowest BCUT2D eigenvalue weighted by Crippen LogP contribution is -2.46. The van der Waals surface area contributed by atoms with Crippen molar-refractivity contribution in [2.45, 2.75) is 58.6 Å². The Bertz CT molecular complexity index is 453. The van der Waals surface area contributed by atoms with Crippen LogP contribution in [0.15, 0.2) is 0 Å². The Balaban J connectivity index is 1.51. The van der Waals surface area contributed by atoms with E-state index in [9.17, 15) is 0 Å². The van der Waals surface area contributed by atoms with Gasteiger partial charge < -0.3 is 4.74 Å².